The molecule has 0 bridgehead atoms. The molecule has 1 amide bonds. The summed E-state index contributed by atoms with van der Waals surface area (Å²) in [7, 11) is 0. The standard InChI is InChI=1S/C17H26N2O2/c1-13(2)11-21-16(20)19-12-17(3,4)18-10-15(19)14-8-6-5-7-9-14/h5-9,13,15,18H,10-12H2,1-4H3. The zero-order valence-corrected chi connectivity index (χ0v) is 13.4. The molecule has 0 spiro atoms. The van der Waals surface area contributed by atoms with Gasteiger partial charge in [0.25, 0.3) is 0 Å². The van der Waals surface area contributed by atoms with E-state index < -0.39 is 0 Å². The second-order valence-corrected chi connectivity index (χ2v) is 6.79. The van der Waals surface area contributed by atoms with Gasteiger partial charge in [-0.2, -0.15) is 0 Å². The van der Waals surface area contributed by atoms with Crippen molar-refractivity contribution in [1.82, 2.24) is 10.2 Å². The Morgan fingerprint density at radius 2 is 2.05 bits per heavy atom. The van der Waals surface area contributed by atoms with Crippen LogP contribution in [-0.2, 0) is 4.74 Å². The van der Waals surface area contributed by atoms with Crippen molar-refractivity contribution in [1.29, 1.82) is 0 Å². The smallest absolute Gasteiger partial charge is 0.410 e. The minimum atomic E-state index is -0.216. The molecule has 1 aromatic rings. The summed E-state index contributed by atoms with van der Waals surface area (Å²) in [5.74, 6) is 0.347. The fraction of sp³-hybridized carbons (Fsp3) is 0.588. The first-order chi connectivity index (χ1) is 9.89. The van der Waals surface area contributed by atoms with Crippen LogP contribution in [0.25, 0.3) is 0 Å². The summed E-state index contributed by atoms with van der Waals surface area (Å²) in [4.78, 5) is 14.3. The highest BCUT2D eigenvalue weighted by Gasteiger charge is 2.36. The average Bonchev–Trinajstić information content (AvgIpc) is 2.44. The summed E-state index contributed by atoms with van der Waals surface area (Å²) in [6.45, 7) is 10.2. The average molecular weight is 290 g/mol. The van der Waals surface area contributed by atoms with Gasteiger partial charge in [-0.3, -0.25) is 4.90 Å². The second-order valence-electron chi connectivity index (χ2n) is 6.79. The van der Waals surface area contributed by atoms with E-state index in [1.54, 1.807) is 0 Å². The molecule has 1 aromatic carbocycles. The van der Waals surface area contributed by atoms with Crippen LogP contribution in [-0.4, -0.2) is 36.2 Å². The van der Waals surface area contributed by atoms with E-state index in [4.69, 9.17) is 4.74 Å². The first-order valence-electron chi connectivity index (χ1n) is 7.62. The van der Waals surface area contributed by atoms with Crippen molar-refractivity contribution >= 4 is 6.09 Å². The van der Waals surface area contributed by atoms with Gasteiger partial charge in [0.1, 0.15) is 0 Å². The van der Waals surface area contributed by atoms with Crippen molar-refractivity contribution in [2.24, 2.45) is 5.92 Å². The van der Waals surface area contributed by atoms with Gasteiger partial charge in [-0.05, 0) is 25.3 Å². The minimum Gasteiger partial charge on any atom is -0.449 e. The van der Waals surface area contributed by atoms with Crippen molar-refractivity contribution in [3.05, 3.63) is 35.9 Å². The molecule has 2 rings (SSSR count). The zero-order chi connectivity index (χ0) is 15.5. The van der Waals surface area contributed by atoms with E-state index in [0.717, 1.165) is 12.1 Å². The van der Waals surface area contributed by atoms with Gasteiger partial charge < -0.3 is 10.1 Å². The molecule has 1 aliphatic heterocycles. The SMILES string of the molecule is CC(C)COC(=O)N1CC(C)(C)NCC1c1ccccc1. The molecule has 21 heavy (non-hydrogen) atoms. The lowest BCUT2D eigenvalue weighted by Crippen LogP contribution is -2.59. The number of hydrogen-bond acceptors (Lipinski definition) is 3. The highest BCUT2D eigenvalue weighted by atomic mass is 16.6. The number of piperazine rings is 1. The number of carbonyl (C=O) groups is 1. The lowest BCUT2D eigenvalue weighted by Gasteiger charge is -2.44. The topological polar surface area (TPSA) is 41.6 Å². The Bertz CT molecular complexity index is 471. The highest BCUT2D eigenvalue weighted by Crippen LogP contribution is 2.27. The van der Waals surface area contributed by atoms with Gasteiger partial charge in [0.05, 0.1) is 12.6 Å². The Balaban J connectivity index is 2.16. The van der Waals surface area contributed by atoms with Crippen LogP contribution in [0.15, 0.2) is 30.3 Å². The van der Waals surface area contributed by atoms with E-state index in [1.165, 1.54) is 0 Å². The molecule has 4 nitrogen and oxygen atoms in total. The molecule has 1 heterocycles. The van der Waals surface area contributed by atoms with Crippen molar-refractivity contribution in [3.8, 4) is 0 Å². The third-order valence-electron chi connectivity index (χ3n) is 3.67. The summed E-state index contributed by atoms with van der Waals surface area (Å²) in [6, 6.07) is 10.2. The van der Waals surface area contributed by atoms with E-state index in [-0.39, 0.29) is 17.7 Å². The Hall–Kier alpha value is -1.55. The molecule has 0 saturated carbocycles. The normalized spacial score (nSPS) is 21.4. The maximum Gasteiger partial charge on any atom is 0.410 e. The van der Waals surface area contributed by atoms with Crippen molar-refractivity contribution in [2.75, 3.05) is 19.7 Å². The summed E-state index contributed by atoms with van der Waals surface area (Å²) in [5.41, 5.74) is 1.05. The number of benzene rings is 1. The van der Waals surface area contributed by atoms with E-state index in [9.17, 15) is 4.79 Å². The predicted molar refractivity (Wildman–Crippen MR) is 84.2 cm³/mol. The van der Waals surface area contributed by atoms with E-state index >= 15 is 0 Å². The van der Waals surface area contributed by atoms with Gasteiger partial charge in [-0.25, -0.2) is 4.79 Å². The molecule has 1 N–H and O–H groups in total. The second kappa shape index (κ2) is 6.48. The van der Waals surface area contributed by atoms with E-state index in [2.05, 4.69) is 31.3 Å². The molecule has 1 fully saturated rings. The molecule has 1 aliphatic rings. The largest absolute Gasteiger partial charge is 0.449 e. The number of nitrogens with zero attached hydrogens (tertiary/aromatic N) is 1. The lowest BCUT2D eigenvalue weighted by atomic mass is 9.95. The Kier molecular flexibility index (Phi) is 4.88. The summed E-state index contributed by atoms with van der Waals surface area (Å²) in [5, 5.41) is 3.51. The monoisotopic (exact) mass is 290 g/mol. The number of ether oxygens (including phenoxy) is 1. The van der Waals surface area contributed by atoms with E-state index in [0.29, 0.717) is 19.1 Å². The van der Waals surface area contributed by atoms with Crippen molar-refractivity contribution in [3.63, 3.8) is 0 Å². The third kappa shape index (κ3) is 4.21. The molecule has 4 heteroatoms. The molecule has 0 radical (unpaired) electrons. The fourth-order valence-corrected chi connectivity index (χ4v) is 2.56. The van der Waals surface area contributed by atoms with E-state index in [1.807, 2.05) is 36.9 Å². The molecule has 1 saturated heterocycles. The van der Waals surface area contributed by atoms with Crippen molar-refractivity contribution < 1.29 is 9.53 Å². The van der Waals surface area contributed by atoms with Crippen LogP contribution in [0.2, 0.25) is 0 Å². The van der Waals surface area contributed by atoms with Crippen LogP contribution in [0.5, 0.6) is 0 Å². The van der Waals surface area contributed by atoms with Crippen LogP contribution < -0.4 is 5.32 Å². The minimum absolute atomic E-state index is 0.0267. The Labute approximate surface area is 127 Å². The van der Waals surface area contributed by atoms with Crippen LogP contribution >= 0.6 is 0 Å². The fourth-order valence-electron chi connectivity index (χ4n) is 2.56. The molecule has 116 valence electrons. The number of hydrogen-bond donors (Lipinski definition) is 1. The van der Waals surface area contributed by atoms with Crippen LogP contribution in [0.3, 0.4) is 0 Å². The summed E-state index contributed by atoms with van der Waals surface area (Å²) < 4.78 is 5.45. The van der Waals surface area contributed by atoms with Gasteiger partial charge in [-0.15, -0.1) is 0 Å². The van der Waals surface area contributed by atoms with Crippen LogP contribution in [0, 0.1) is 5.92 Å². The zero-order valence-electron chi connectivity index (χ0n) is 13.4. The first kappa shape index (κ1) is 15.8. The van der Waals surface area contributed by atoms with Crippen LogP contribution in [0.4, 0.5) is 4.79 Å². The van der Waals surface area contributed by atoms with Crippen LogP contribution in [0.1, 0.15) is 39.3 Å². The predicted octanol–water partition coefficient (Wildman–Crippen LogP) is 3.20. The Morgan fingerprint density at radius 3 is 2.67 bits per heavy atom. The first-order valence-corrected chi connectivity index (χ1v) is 7.62. The van der Waals surface area contributed by atoms with Gasteiger partial charge in [0.2, 0.25) is 0 Å². The number of carbonyl (C=O) groups excluding carboxylic acids is 1. The lowest BCUT2D eigenvalue weighted by molar-refractivity contribution is 0.0479. The van der Waals surface area contributed by atoms with Gasteiger partial charge in [0.15, 0.2) is 0 Å². The molecule has 1 atom stereocenters. The quantitative estimate of drug-likeness (QED) is 0.929. The maximum absolute atomic E-state index is 12.4. The third-order valence-corrected chi connectivity index (χ3v) is 3.67. The van der Waals surface area contributed by atoms with Gasteiger partial charge in [0, 0.05) is 18.6 Å². The van der Waals surface area contributed by atoms with Gasteiger partial charge >= 0.3 is 6.09 Å². The molecule has 1 unspecified atom stereocenters. The Morgan fingerprint density at radius 1 is 1.38 bits per heavy atom. The number of nitrogens with one attached hydrogen (secondary N) is 1. The number of rotatable bonds is 3. The summed E-state index contributed by atoms with van der Waals surface area (Å²) >= 11 is 0. The summed E-state index contributed by atoms with van der Waals surface area (Å²) in [6.07, 6.45) is -0.216. The molecular formula is C17H26N2O2. The van der Waals surface area contributed by atoms with Gasteiger partial charge in [-0.1, -0.05) is 44.2 Å². The highest BCUT2D eigenvalue weighted by molar-refractivity contribution is 5.69. The molecule has 0 aliphatic carbocycles. The van der Waals surface area contributed by atoms with Crippen molar-refractivity contribution in [2.45, 2.75) is 39.3 Å². The molecule has 0 aromatic heterocycles. The number of amides is 1. The molecular weight excluding hydrogens is 264 g/mol. The maximum atomic E-state index is 12.4.